The summed E-state index contributed by atoms with van der Waals surface area (Å²) in [7, 11) is -3.39. The number of anilines is 3. The maximum absolute atomic E-state index is 13.5. The lowest BCUT2D eigenvalue weighted by Gasteiger charge is -2.52. The van der Waals surface area contributed by atoms with Gasteiger partial charge in [0.25, 0.3) is 0 Å². The van der Waals surface area contributed by atoms with E-state index in [0.29, 0.717) is 34.8 Å². The maximum atomic E-state index is 13.5. The fourth-order valence-corrected chi connectivity index (χ4v) is 9.98. The summed E-state index contributed by atoms with van der Waals surface area (Å²) in [6.45, 7) is 8.37. The highest BCUT2D eigenvalue weighted by atomic mass is 32.2. The number of benzene rings is 1. The van der Waals surface area contributed by atoms with Crippen LogP contribution >= 0.6 is 0 Å². The molecule has 0 bridgehead atoms. The number of piperidine rings is 1. The van der Waals surface area contributed by atoms with Gasteiger partial charge in [-0.2, -0.15) is 4.98 Å². The second-order valence-electron chi connectivity index (χ2n) is 13.8. The highest BCUT2D eigenvalue weighted by Gasteiger charge is 2.63. The fourth-order valence-electron chi connectivity index (χ4n) is 7.93. The average molecular weight is 580 g/mol. The van der Waals surface area contributed by atoms with Gasteiger partial charge < -0.3 is 15.3 Å². The molecule has 4 fully saturated rings. The Hall–Kier alpha value is -2.56. The number of carbonyl (C=O) groups is 1. The molecule has 2 aromatic rings. The van der Waals surface area contributed by atoms with Crippen LogP contribution in [-0.4, -0.2) is 70.3 Å². The van der Waals surface area contributed by atoms with E-state index in [1.807, 2.05) is 6.92 Å². The van der Waals surface area contributed by atoms with Crippen molar-refractivity contribution < 1.29 is 18.3 Å². The number of likely N-dealkylation sites (tertiary alicyclic amines) is 1. The Labute approximate surface area is 242 Å². The van der Waals surface area contributed by atoms with Crippen molar-refractivity contribution in [3.63, 3.8) is 0 Å². The van der Waals surface area contributed by atoms with Gasteiger partial charge in [-0.1, -0.05) is 0 Å². The zero-order valence-corrected chi connectivity index (χ0v) is 25.1. The molecule has 1 aromatic carbocycles. The zero-order valence-electron chi connectivity index (χ0n) is 24.3. The number of amides is 1. The lowest BCUT2D eigenvalue weighted by Crippen LogP contribution is -2.52. The van der Waals surface area contributed by atoms with Crippen LogP contribution in [0.5, 0.6) is 0 Å². The molecule has 2 N–H and O–H groups in total. The van der Waals surface area contributed by atoms with Crippen LogP contribution in [0.25, 0.3) is 0 Å². The number of hydrogen-bond acceptors (Lipinski definition) is 8. The van der Waals surface area contributed by atoms with Crippen molar-refractivity contribution in [1.29, 1.82) is 0 Å². The first kappa shape index (κ1) is 27.3. The molecular weight excluding hydrogens is 538 g/mol. The Balaban J connectivity index is 1.05. The molecule has 3 saturated carbocycles. The van der Waals surface area contributed by atoms with Crippen molar-refractivity contribution in [3.05, 3.63) is 36.0 Å². The molecule has 0 radical (unpaired) electrons. The Morgan fingerprint density at radius 3 is 2.32 bits per heavy atom. The number of rotatable bonds is 6. The summed E-state index contributed by atoms with van der Waals surface area (Å²) in [4.78, 5) is 27.4. The quantitative estimate of drug-likeness (QED) is 0.520. The molecular formula is C31H41N5O4S. The monoisotopic (exact) mass is 579 g/mol. The van der Waals surface area contributed by atoms with Crippen LogP contribution < -0.4 is 10.2 Å². The summed E-state index contributed by atoms with van der Waals surface area (Å²) in [6.07, 6.45) is 9.28. The van der Waals surface area contributed by atoms with E-state index in [2.05, 4.69) is 29.0 Å². The van der Waals surface area contributed by atoms with E-state index in [1.165, 1.54) is 0 Å². The number of fused-ring (bicyclic) bond motifs is 2. The van der Waals surface area contributed by atoms with Crippen LogP contribution in [0.2, 0.25) is 0 Å². The SMILES string of the molecule is CC(C)N1CCC2(CC1)CC(S(=O)(=O)c1ccc(Nc3ncc4c(n3)N(C3CCCC3(C)O)C(=O)C43CC3)cc1)C2. The largest absolute Gasteiger partial charge is 0.388 e. The summed E-state index contributed by atoms with van der Waals surface area (Å²) >= 11 is 0. The molecule has 2 spiro atoms. The van der Waals surface area contributed by atoms with Gasteiger partial charge in [-0.05, 0) is 121 Å². The number of nitrogens with zero attached hydrogens (tertiary/aromatic N) is 4. The van der Waals surface area contributed by atoms with Gasteiger partial charge in [-0.3, -0.25) is 9.69 Å². The summed E-state index contributed by atoms with van der Waals surface area (Å²) < 4.78 is 26.8. The zero-order chi connectivity index (χ0) is 28.8. The van der Waals surface area contributed by atoms with Gasteiger partial charge in [0.1, 0.15) is 5.82 Å². The second-order valence-corrected chi connectivity index (χ2v) is 16.0. The highest BCUT2D eigenvalue weighted by molar-refractivity contribution is 7.92. The van der Waals surface area contributed by atoms with Crippen molar-refractivity contribution >= 4 is 33.2 Å². The molecule has 2 unspecified atom stereocenters. The first-order chi connectivity index (χ1) is 19.4. The van der Waals surface area contributed by atoms with E-state index in [0.717, 1.165) is 70.0 Å². The van der Waals surface area contributed by atoms with E-state index in [1.54, 1.807) is 35.4 Å². The van der Waals surface area contributed by atoms with E-state index in [9.17, 15) is 18.3 Å². The van der Waals surface area contributed by atoms with Crippen LogP contribution in [0, 0.1) is 5.41 Å². The molecule has 220 valence electrons. The van der Waals surface area contributed by atoms with Gasteiger partial charge >= 0.3 is 0 Å². The highest BCUT2D eigenvalue weighted by Crippen LogP contribution is 2.58. The van der Waals surface area contributed by atoms with Gasteiger partial charge in [0.05, 0.1) is 27.2 Å². The van der Waals surface area contributed by atoms with Crippen LogP contribution in [0.3, 0.4) is 0 Å². The Morgan fingerprint density at radius 1 is 1.05 bits per heavy atom. The predicted octanol–water partition coefficient (Wildman–Crippen LogP) is 4.33. The van der Waals surface area contributed by atoms with Gasteiger partial charge in [0, 0.05) is 23.5 Å². The maximum Gasteiger partial charge on any atom is 0.239 e. The van der Waals surface area contributed by atoms with Gasteiger partial charge in [0.15, 0.2) is 9.84 Å². The summed E-state index contributed by atoms with van der Waals surface area (Å²) in [5.41, 5.74) is 0.244. The smallest absolute Gasteiger partial charge is 0.239 e. The summed E-state index contributed by atoms with van der Waals surface area (Å²) in [6, 6.07) is 7.10. The van der Waals surface area contributed by atoms with E-state index < -0.39 is 20.9 Å². The first-order valence-electron chi connectivity index (χ1n) is 15.2. The molecule has 1 saturated heterocycles. The fraction of sp³-hybridized carbons (Fsp3) is 0.645. The number of carbonyl (C=O) groups excluding carboxylic acids is 1. The Bertz CT molecular complexity index is 1470. The molecule has 3 heterocycles. The van der Waals surface area contributed by atoms with Crippen molar-refractivity contribution in [2.24, 2.45) is 5.41 Å². The third-order valence-corrected chi connectivity index (χ3v) is 13.0. The molecule has 41 heavy (non-hydrogen) atoms. The minimum Gasteiger partial charge on any atom is -0.388 e. The van der Waals surface area contributed by atoms with Crippen molar-refractivity contribution in [1.82, 2.24) is 14.9 Å². The van der Waals surface area contributed by atoms with E-state index in [-0.39, 0.29) is 22.6 Å². The minimum atomic E-state index is -3.39. The number of hydrogen-bond donors (Lipinski definition) is 2. The molecule has 5 aliphatic rings. The Kier molecular flexibility index (Phi) is 6.13. The average Bonchev–Trinajstić information content (AvgIpc) is 3.60. The van der Waals surface area contributed by atoms with Gasteiger partial charge in [-0.15, -0.1) is 0 Å². The van der Waals surface area contributed by atoms with Crippen molar-refractivity contribution in [2.75, 3.05) is 23.3 Å². The van der Waals surface area contributed by atoms with Crippen LogP contribution in [0.1, 0.15) is 84.1 Å². The molecule has 7 rings (SSSR count). The standard InChI is InChI=1S/C31H41N5O4S/c1-20(2)35-15-13-30(14-16-35)17-23(18-30)41(39,40)22-8-6-21(7-9-22)33-28-32-19-24-26(34-28)36(27(37)31(24)11-12-31)25-5-4-10-29(25,3)38/h6-9,19-20,23,25,38H,4-5,10-18H2,1-3H3,(H,32,33,34). The van der Waals surface area contributed by atoms with Crippen LogP contribution in [0.4, 0.5) is 17.5 Å². The first-order valence-corrected chi connectivity index (χ1v) is 16.8. The molecule has 9 nitrogen and oxygen atoms in total. The van der Waals surface area contributed by atoms with Gasteiger partial charge in [0.2, 0.25) is 11.9 Å². The molecule has 1 aromatic heterocycles. The van der Waals surface area contributed by atoms with E-state index in [4.69, 9.17) is 4.98 Å². The van der Waals surface area contributed by atoms with Crippen LogP contribution in [0.15, 0.2) is 35.4 Å². The van der Waals surface area contributed by atoms with Crippen molar-refractivity contribution in [3.8, 4) is 0 Å². The normalized spacial score (nSPS) is 28.9. The number of sulfone groups is 1. The summed E-state index contributed by atoms with van der Waals surface area (Å²) in [5, 5.41) is 13.9. The molecule has 2 atom stereocenters. The summed E-state index contributed by atoms with van der Waals surface area (Å²) in [5.74, 6) is 0.972. The second kappa shape index (κ2) is 9.22. The molecule has 3 aliphatic carbocycles. The lowest BCUT2D eigenvalue weighted by molar-refractivity contribution is -0.121. The molecule has 2 aliphatic heterocycles. The molecule has 1 amide bonds. The topological polar surface area (TPSA) is 116 Å². The lowest BCUT2D eigenvalue weighted by atomic mass is 9.63. The number of nitrogens with one attached hydrogen (secondary N) is 1. The minimum absolute atomic E-state index is 0.0314. The third-order valence-electron chi connectivity index (χ3n) is 10.9. The third kappa shape index (κ3) is 4.31. The molecule has 10 heteroatoms. The van der Waals surface area contributed by atoms with Crippen LogP contribution in [-0.2, 0) is 20.0 Å². The number of aromatic nitrogens is 2. The Morgan fingerprint density at radius 2 is 1.73 bits per heavy atom. The van der Waals surface area contributed by atoms with Gasteiger partial charge in [-0.25, -0.2) is 13.4 Å². The van der Waals surface area contributed by atoms with Crippen molar-refractivity contribution in [2.45, 2.75) is 112 Å². The van der Waals surface area contributed by atoms with E-state index >= 15 is 0 Å². The predicted molar refractivity (Wildman–Crippen MR) is 157 cm³/mol. The number of aliphatic hydroxyl groups is 1.